The summed E-state index contributed by atoms with van der Waals surface area (Å²) in [6, 6.07) is 32.0. The molecule has 0 radical (unpaired) electrons. The van der Waals surface area contributed by atoms with Crippen LogP contribution in [0.3, 0.4) is 0 Å². The number of ether oxygens (including phenoxy) is 1. The van der Waals surface area contributed by atoms with E-state index in [1.54, 1.807) is 24.3 Å². The van der Waals surface area contributed by atoms with Gasteiger partial charge in [0.25, 0.3) is 0 Å². The predicted octanol–water partition coefficient (Wildman–Crippen LogP) is 6.06. The summed E-state index contributed by atoms with van der Waals surface area (Å²) in [6.07, 6.45) is 3.18. The summed E-state index contributed by atoms with van der Waals surface area (Å²) in [5.41, 5.74) is 3.64. The number of amides is 2. The maximum atomic E-state index is 14.4. The highest BCUT2D eigenvalue weighted by atomic mass is 35.5. The number of rotatable bonds is 5. The van der Waals surface area contributed by atoms with Crippen LogP contribution >= 0.6 is 11.6 Å². The van der Waals surface area contributed by atoms with Crippen molar-refractivity contribution in [1.82, 2.24) is 0 Å². The lowest BCUT2D eigenvalue weighted by Gasteiger charge is -2.36. The van der Waals surface area contributed by atoms with E-state index in [-0.39, 0.29) is 5.91 Å². The molecule has 4 aromatic rings. The van der Waals surface area contributed by atoms with Crippen LogP contribution in [-0.2, 0) is 19.1 Å². The molecule has 3 heterocycles. The highest BCUT2D eigenvalue weighted by molar-refractivity contribution is 6.36. The summed E-state index contributed by atoms with van der Waals surface area (Å²) in [6.45, 7) is 0. The van der Waals surface area contributed by atoms with Gasteiger partial charge in [-0.15, -0.1) is 0 Å². The minimum absolute atomic E-state index is 0.294. The molecule has 7 rings (SSSR count). The summed E-state index contributed by atoms with van der Waals surface area (Å²) in [7, 11) is 0. The number of imide groups is 1. The van der Waals surface area contributed by atoms with Gasteiger partial charge in [0.05, 0.1) is 28.6 Å². The molecule has 3 aliphatic rings. The fraction of sp³-hybridized carbons (Fsp3) is 0.147. The van der Waals surface area contributed by atoms with Gasteiger partial charge in [-0.25, -0.2) is 9.69 Å². The van der Waals surface area contributed by atoms with Gasteiger partial charge in [-0.2, -0.15) is 0 Å². The molecule has 2 amide bonds. The summed E-state index contributed by atoms with van der Waals surface area (Å²) in [5, 5.41) is 0.294. The van der Waals surface area contributed by atoms with Crippen LogP contribution in [-0.4, -0.2) is 29.9 Å². The molecule has 2 saturated heterocycles. The SMILES string of the molecule is O=C(OC(c1ccccc1)c1ccccc1)C1C2C(=O)N(c3ccccc3Cl)C(=O)C2C2C=Cc3ccccc3N21. The Kier molecular flexibility index (Phi) is 6.20. The lowest BCUT2D eigenvalue weighted by molar-refractivity contribution is -0.151. The van der Waals surface area contributed by atoms with Crippen molar-refractivity contribution >= 4 is 46.8 Å². The van der Waals surface area contributed by atoms with Gasteiger partial charge >= 0.3 is 5.97 Å². The largest absolute Gasteiger partial charge is 0.451 e. The van der Waals surface area contributed by atoms with Gasteiger partial charge in [-0.1, -0.05) is 115 Å². The highest BCUT2D eigenvalue weighted by Crippen LogP contribution is 2.50. The average Bonchev–Trinajstić information content (AvgIpc) is 3.49. The fourth-order valence-electron chi connectivity index (χ4n) is 6.42. The molecule has 0 N–H and O–H groups in total. The Morgan fingerprint density at radius 3 is 1.93 bits per heavy atom. The van der Waals surface area contributed by atoms with Crippen LogP contribution in [0.2, 0.25) is 5.02 Å². The molecular weight excluding hydrogens is 536 g/mol. The van der Waals surface area contributed by atoms with Gasteiger partial charge < -0.3 is 9.64 Å². The van der Waals surface area contributed by atoms with Crippen LogP contribution in [0.1, 0.15) is 22.8 Å². The zero-order chi connectivity index (χ0) is 28.1. The Balaban J connectivity index is 1.33. The topological polar surface area (TPSA) is 66.9 Å². The maximum absolute atomic E-state index is 14.4. The van der Waals surface area contributed by atoms with Gasteiger partial charge in [0.15, 0.2) is 6.10 Å². The van der Waals surface area contributed by atoms with Crippen LogP contribution in [0, 0.1) is 11.8 Å². The minimum Gasteiger partial charge on any atom is -0.451 e. The van der Waals surface area contributed by atoms with Gasteiger partial charge in [0, 0.05) is 5.69 Å². The second-order valence-electron chi connectivity index (χ2n) is 10.4. The molecule has 6 nitrogen and oxygen atoms in total. The summed E-state index contributed by atoms with van der Waals surface area (Å²) in [5.74, 6) is -3.10. The molecule has 0 saturated carbocycles. The summed E-state index contributed by atoms with van der Waals surface area (Å²) < 4.78 is 6.31. The number of benzene rings is 4. The first-order valence-electron chi connectivity index (χ1n) is 13.5. The first kappa shape index (κ1) is 25.3. The third-order valence-electron chi connectivity index (χ3n) is 8.19. The van der Waals surface area contributed by atoms with E-state index >= 15 is 0 Å². The molecule has 0 aliphatic carbocycles. The van der Waals surface area contributed by atoms with Crippen LogP contribution < -0.4 is 9.80 Å². The zero-order valence-corrected chi connectivity index (χ0v) is 22.6. The van der Waals surface area contributed by atoms with Gasteiger partial charge in [0.2, 0.25) is 11.8 Å². The third kappa shape index (κ3) is 4.06. The first-order chi connectivity index (χ1) is 20.0. The van der Waals surface area contributed by atoms with E-state index < -0.39 is 41.9 Å². The molecule has 0 bridgehead atoms. The van der Waals surface area contributed by atoms with Crippen LogP contribution in [0.4, 0.5) is 11.4 Å². The number of halogens is 1. The Morgan fingerprint density at radius 2 is 1.27 bits per heavy atom. The Hall–Kier alpha value is -4.68. The van der Waals surface area contributed by atoms with Crippen LogP contribution in [0.25, 0.3) is 6.08 Å². The Morgan fingerprint density at radius 1 is 0.707 bits per heavy atom. The van der Waals surface area contributed by atoms with Crippen LogP contribution in [0.5, 0.6) is 0 Å². The lowest BCUT2D eigenvalue weighted by Crippen LogP contribution is -2.49. The smallest absolute Gasteiger partial charge is 0.330 e. The quantitative estimate of drug-likeness (QED) is 0.219. The van der Waals surface area contributed by atoms with Gasteiger partial charge in [-0.05, 0) is 34.9 Å². The van der Waals surface area contributed by atoms with Gasteiger partial charge in [-0.3, -0.25) is 9.59 Å². The number of carbonyl (C=O) groups excluding carboxylic acids is 3. The van der Waals surface area contributed by atoms with Crippen molar-refractivity contribution in [3.63, 3.8) is 0 Å². The molecule has 4 unspecified atom stereocenters. The number of anilines is 2. The van der Waals surface area contributed by atoms with Crippen molar-refractivity contribution < 1.29 is 19.1 Å². The van der Waals surface area contributed by atoms with Crippen LogP contribution in [0.15, 0.2) is 115 Å². The van der Waals surface area contributed by atoms with E-state index in [2.05, 4.69) is 0 Å². The van der Waals surface area contributed by atoms with Crippen molar-refractivity contribution in [3.8, 4) is 0 Å². The highest BCUT2D eigenvalue weighted by Gasteiger charge is 2.65. The molecule has 2 fully saturated rings. The van der Waals surface area contributed by atoms with Crippen molar-refractivity contribution in [2.24, 2.45) is 11.8 Å². The van der Waals surface area contributed by atoms with Crippen molar-refractivity contribution in [1.29, 1.82) is 0 Å². The van der Waals surface area contributed by atoms with Crippen molar-refractivity contribution in [2.45, 2.75) is 18.2 Å². The second kappa shape index (κ2) is 10.1. The predicted molar refractivity (Wildman–Crippen MR) is 157 cm³/mol. The van der Waals surface area contributed by atoms with Gasteiger partial charge in [0.1, 0.15) is 6.04 Å². The van der Waals surface area contributed by atoms with Crippen molar-refractivity contribution in [2.75, 3.05) is 9.80 Å². The van der Waals surface area contributed by atoms with E-state index in [1.165, 1.54) is 0 Å². The maximum Gasteiger partial charge on any atom is 0.330 e. The van der Waals surface area contributed by atoms with Crippen molar-refractivity contribution in [3.05, 3.63) is 137 Å². The molecule has 41 heavy (non-hydrogen) atoms. The number of hydrogen-bond acceptors (Lipinski definition) is 5. The number of fused-ring (bicyclic) bond motifs is 5. The minimum atomic E-state index is -1.02. The summed E-state index contributed by atoms with van der Waals surface area (Å²) in [4.78, 5) is 45.5. The number of esters is 1. The second-order valence-corrected chi connectivity index (χ2v) is 10.8. The molecule has 7 heteroatoms. The number of hydrogen-bond donors (Lipinski definition) is 0. The van der Waals surface area contributed by atoms with E-state index in [1.807, 2.05) is 102 Å². The average molecular weight is 561 g/mol. The summed E-state index contributed by atoms with van der Waals surface area (Å²) >= 11 is 6.44. The number of nitrogens with zero attached hydrogens (tertiary/aromatic N) is 2. The number of carbonyl (C=O) groups is 3. The molecule has 0 spiro atoms. The zero-order valence-electron chi connectivity index (χ0n) is 21.8. The number of para-hydroxylation sites is 2. The molecular formula is C34H25ClN2O4. The third-order valence-corrected chi connectivity index (χ3v) is 8.51. The van der Waals surface area contributed by atoms with E-state index in [0.717, 1.165) is 27.3 Å². The normalized spacial score (nSPS) is 22.5. The Bertz CT molecular complexity index is 1650. The van der Waals surface area contributed by atoms with E-state index in [4.69, 9.17) is 16.3 Å². The first-order valence-corrected chi connectivity index (χ1v) is 13.9. The fourth-order valence-corrected chi connectivity index (χ4v) is 6.65. The van der Waals surface area contributed by atoms with E-state index in [0.29, 0.717) is 10.7 Å². The molecule has 0 aromatic heterocycles. The monoisotopic (exact) mass is 560 g/mol. The molecule has 3 aliphatic heterocycles. The Labute approximate surface area is 242 Å². The molecule has 202 valence electrons. The molecule has 4 atom stereocenters. The molecule has 4 aromatic carbocycles. The standard InChI is InChI=1S/C34H25ClN2O4/c35-24-16-8-10-18-26(24)37-32(38)28-27-20-19-21-11-7-9-17-25(21)36(27)30(29(28)33(37)39)34(40)41-31(22-12-3-1-4-13-22)23-14-5-2-6-15-23/h1-20,27-31H. The van der Waals surface area contributed by atoms with E-state index in [9.17, 15) is 14.4 Å². The lowest BCUT2D eigenvalue weighted by atomic mass is 9.88.